The highest BCUT2D eigenvalue weighted by Gasteiger charge is 2.20. The summed E-state index contributed by atoms with van der Waals surface area (Å²) in [5.41, 5.74) is 1.15. The van der Waals surface area contributed by atoms with Gasteiger partial charge in [-0.1, -0.05) is 6.92 Å². The van der Waals surface area contributed by atoms with Gasteiger partial charge in [-0.3, -0.25) is 9.80 Å². The number of piperazine rings is 1. The molecule has 22 heavy (non-hydrogen) atoms. The molecule has 1 saturated heterocycles. The fraction of sp³-hybridized carbons (Fsp3) is 0.812. The van der Waals surface area contributed by atoms with E-state index in [1.807, 2.05) is 13.8 Å². The largest absolute Gasteiger partial charge is 0.392 e. The molecule has 5 nitrogen and oxygen atoms in total. The minimum atomic E-state index is -0.187. The number of β-amino-alcohol motifs (C(OH)–C–C–N with tert-alkyl or cyclic N) is 1. The van der Waals surface area contributed by atoms with E-state index in [4.69, 9.17) is 9.72 Å². The van der Waals surface area contributed by atoms with Crippen LogP contribution in [0, 0.1) is 0 Å². The van der Waals surface area contributed by atoms with Crippen LogP contribution < -0.4 is 0 Å². The zero-order valence-electron chi connectivity index (χ0n) is 14.0. The lowest BCUT2D eigenvalue weighted by Crippen LogP contribution is -2.48. The zero-order valence-corrected chi connectivity index (χ0v) is 14.8. The van der Waals surface area contributed by atoms with Gasteiger partial charge in [-0.25, -0.2) is 4.98 Å². The molecule has 1 N–H and O–H groups in total. The molecule has 1 aromatic rings. The van der Waals surface area contributed by atoms with Crippen molar-refractivity contribution in [1.82, 2.24) is 14.8 Å². The zero-order chi connectivity index (χ0) is 15.9. The maximum atomic E-state index is 9.73. The fourth-order valence-electron chi connectivity index (χ4n) is 2.69. The minimum Gasteiger partial charge on any atom is -0.392 e. The highest BCUT2D eigenvalue weighted by Crippen LogP contribution is 2.22. The number of nitrogens with zero attached hydrogens (tertiary/aromatic N) is 3. The van der Waals surface area contributed by atoms with Crippen molar-refractivity contribution >= 4 is 11.3 Å². The molecule has 0 amide bonds. The molecular weight excluding hydrogens is 298 g/mol. The first-order chi connectivity index (χ1) is 10.6. The summed E-state index contributed by atoms with van der Waals surface area (Å²) < 4.78 is 5.60. The number of aliphatic hydroxyl groups is 1. The molecular formula is C16H29N3O2S. The first kappa shape index (κ1) is 17.8. The highest BCUT2D eigenvalue weighted by molar-refractivity contribution is 7.09. The summed E-state index contributed by atoms with van der Waals surface area (Å²) in [5.74, 6) is 0. The quantitative estimate of drug-likeness (QED) is 0.793. The standard InChI is InChI=1S/C16H29N3O2S/c1-4-15(20)11-19-8-6-18(7-9-19)10-14-12-22-16(17-14)13(3)21-5-2/h12-13,15,20H,4-11H2,1-3H3/t13?,15-/m1/s1. The molecule has 0 spiro atoms. The predicted octanol–water partition coefficient (Wildman–Crippen LogP) is 2.13. The van der Waals surface area contributed by atoms with E-state index in [0.29, 0.717) is 0 Å². The molecule has 126 valence electrons. The van der Waals surface area contributed by atoms with Crippen molar-refractivity contribution < 1.29 is 9.84 Å². The van der Waals surface area contributed by atoms with Crippen LogP contribution in [0.1, 0.15) is 44.0 Å². The summed E-state index contributed by atoms with van der Waals surface area (Å²) in [5, 5.41) is 13.0. The van der Waals surface area contributed by atoms with Crippen molar-refractivity contribution in [3.8, 4) is 0 Å². The molecule has 1 fully saturated rings. The third-order valence-electron chi connectivity index (χ3n) is 4.12. The van der Waals surface area contributed by atoms with Crippen LogP contribution in [0.5, 0.6) is 0 Å². The number of aromatic nitrogens is 1. The normalized spacial score (nSPS) is 20.2. The summed E-state index contributed by atoms with van der Waals surface area (Å²) in [6, 6.07) is 0. The van der Waals surface area contributed by atoms with Crippen LogP contribution in [0.15, 0.2) is 5.38 Å². The van der Waals surface area contributed by atoms with Gasteiger partial charge in [-0.05, 0) is 20.3 Å². The summed E-state index contributed by atoms with van der Waals surface area (Å²) in [6.07, 6.45) is 0.739. The van der Waals surface area contributed by atoms with Crippen LogP contribution >= 0.6 is 11.3 Å². The Morgan fingerprint density at radius 1 is 1.27 bits per heavy atom. The van der Waals surface area contributed by atoms with E-state index < -0.39 is 0 Å². The molecule has 2 atom stereocenters. The molecule has 0 radical (unpaired) electrons. The number of aliphatic hydroxyl groups excluding tert-OH is 1. The Kier molecular flexibility index (Phi) is 7.24. The topological polar surface area (TPSA) is 48.8 Å². The Balaban J connectivity index is 1.76. The summed E-state index contributed by atoms with van der Waals surface area (Å²) in [4.78, 5) is 9.50. The van der Waals surface area contributed by atoms with E-state index in [9.17, 15) is 5.11 Å². The second kappa shape index (κ2) is 8.93. The third kappa shape index (κ3) is 5.28. The number of ether oxygens (including phenoxy) is 1. The maximum Gasteiger partial charge on any atom is 0.122 e. The molecule has 6 heteroatoms. The second-order valence-corrected chi connectivity index (χ2v) is 6.80. The Labute approximate surface area is 137 Å². The van der Waals surface area contributed by atoms with Crippen molar-refractivity contribution in [1.29, 1.82) is 0 Å². The third-order valence-corrected chi connectivity index (χ3v) is 5.18. The lowest BCUT2D eigenvalue weighted by Gasteiger charge is -2.35. The van der Waals surface area contributed by atoms with Gasteiger partial charge in [-0.15, -0.1) is 11.3 Å². The molecule has 0 bridgehead atoms. The van der Waals surface area contributed by atoms with Crippen LogP contribution in [0.4, 0.5) is 0 Å². The van der Waals surface area contributed by atoms with Gasteiger partial charge in [0.05, 0.1) is 11.8 Å². The summed E-state index contributed by atoms with van der Waals surface area (Å²) >= 11 is 1.69. The van der Waals surface area contributed by atoms with Crippen LogP contribution in [0.2, 0.25) is 0 Å². The van der Waals surface area contributed by atoms with Crippen molar-refractivity contribution in [2.45, 2.75) is 45.9 Å². The summed E-state index contributed by atoms with van der Waals surface area (Å²) in [7, 11) is 0. The van der Waals surface area contributed by atoms with Crippen LogP contribution in [0.3, 0.4) is 0 Å². The van der Waals surface area contributed by atoms with Gasteiger partial charge in [-0.2, -0.15) is 0 Å². The molecule has 1 aliphatic heterocycles. The molecule has 1 aromatic heterocycles. The Hall–Kier alpha value is -0.530. The number of hydrogen-bond acceptors (Lipinski definition) is 6. The van der Waals surface area contributed by atoms with E-state index in [2.05, 4.69) is 22.1 Å². The lowest BCUT2D eigenvalue weighted by molar-refractivity contribution is 0.0677. The van der Waals surface area contributed by atoms with Crippen LogP contribution in [-0.2, 0) is 11.3 Å². The first-order valence-corrected chi connectivity index (χ1v) is 9.19. The van der Waals surface area contributed by atoms with Crippen LogP contribution in [0.25, 0.3) is 0 Å². The SMILES string of the molecule is CCOC(C)c1nc(CN2CCN(C[C@H](O)CC)CC2)cs1. The molecule has 2 heterocycles. The van der Waals surface area contributed by atoms with E-state index in [1.54, 1.807) is 11.3 Å². The van der Waals surface area contributed by atoms with Crippen LogP contribution in [-0.4, -0.2) is 65.3 Å². The molecule has 1 unspecified atom stereocenters. The van der Waals surface area contributed by atoms with Crippen molar-refractivity contribution in [2.24, 2.45) is 0 Å². The average Bonchev–Trinajstić information content (AvgIpc) is 2.98. The van der Waals surface area contributed by atoms with E-state index in [0.717, 1.165) is 63.0 Å². The molecule has 0 saturated carbocycles. The lowest BCUT2D eigenvalue weighted by atomic mass is 10.2. The van der Waals surface area contributed by atoms with Gasteiger partial charge in [0.1, 0.15) is 11.1 Å². The Morgan fingerprint density at radius 2 is 1.95 bits per heavy atom. The van der Waals surface area contributed by atoms with E-state index in [-0.39, 0.29) is 12.2 Å². The minimum absolute atomic E-state index is 0.0936. The molecule has 0 aliphatic carbocycles. The molecule has 0 aromatic carbocycles. The van der Waals surface area contributed by atoms with Gasteiger partial charge in [0.2, 0.25) is 0 Å². The summed E-state index contributed by atoms with van der Waals surface area (Å²) in [6.45, 7) is 12.7. The highest BCUT2D eigenvalue weighted by atomic mass is 32.1. The van der Waals surface area contributed by atoms with Gasteiger partial charge in [0, 0.05) is 51.3 Å². The van der Waals surface area contributed by atoms with Crippen molar-refractivity contribution in [3.05, 3.63) is 16.1 Å². The monoisotopic (exact) mass is 327 g/mol. The number of rotatable bonds is 8. The fourth-order valence-corrected chi connectivity index (χ4v) is 3.50. The average molecular weight is 327 g/mol. The van der Waals surface area contributed by atoms with Gasteiger partial charge >= 0.3 is 0 Å². The van der Waals surface area contributed by atoms with Gasteiger partial charge < -0.3 is 9.84 Å². The van der Waals surface area contributed by atoms with E-state index >= 15 is 0 Å². The molecule has 2 rings (SSSR count). The maximum absolute atomic E-state index is 9.73. The van der Waals surface area contributed by atoms with Gasteiger partial charge in [0.15, 0.2) is 0 Å². The van der Waals surface area contributed by atoms with Crippen molar-refractivity contribution in [2.75, 3.05) is 39.3 Å². The smallest absolute Gasteiger partial charge is 0.122 e. The Morgan fingerprint density at radius 3 is 2.59 bits per heavy atom. The number of hydrogen-bond donors (Lipinski definition) is 1. The van der Waals surface area contributed by atoms with Crippen molar-refractivity contribution in [3.63, 3.8) is 0 Å². The van der Waals surface area contributed by atoms with Gasteiger partial charge in [0.25, 0.3) is 0 Å². The second-order valence-electron chi connectivity index (χ2n) is 5.91. The van der Waals surface area contributed by atoms with E-state index in [1.165, 1.54) is 0 Å². The predicted molar refractivity (Wildman–Crippen MR) is 90.2 cm³/mol. The molecule has 1 aliphatic rings. The first-order valence-electron chi connectivity index (χ1n) is 8.31. The Bertz CT molecular complexity index is 433. The number of thiazole rings is 1.